The number of carbonyl (C=O) groups is 1. The molecule has 2 rings (SSSR count). The number of hydrogen-bond donors (Lipinski definition) is 1. The van der Waals surface area contributed by atoms with Crippen molar-refractivity contribution in [1.29, 1.82) is 0 Å². The normalized spacial score (nSPS) is 18.0. The first-order chi connectivity index (χ1) is 6.29. The van der Waals surface area contributed by atoms with E-state index in [9.17, 15) is 9.90 Å². The van der Waals surface area contributed by atoms with E-state index in [2.05, 4.69) is 0 Å². The predicted octanol–water partition coefficient (Wildman–Crippen LogP) is 2.30. The van der Waals surface area contributed by atoms with Gasteiger partial charge in [-0.05, 0) is 18.6 Å². The number of aliphatic hydroxyl groups excluding tert-OH is 1. The first-order valence-corrected chi connectivity index (χ1v) is 4.28. The molecule has 1 aromatic heterocycles. The van der Waals surface area contributed by atoms with Gasteiger partial charge in [0.15, 0.2) is 5.78 Å². The molecule has 13 heavy (non-hydrogen) atoms. The van der Waals surface area contributed by atoms with Gasteiger partial charge >= 0.3 is 0 Å². The van der Waals surface area contributed by atoms with Crippen molar-refractivity contribution in [2.75, 3.05) is 0 Å². The zero-order valence-electron chi connectivity index (χ0n) is 7.12. The third-order valence-electron chi connectivity index (χ3n) is 2.15. The van der Waals surface area contributed by atoms with E-state index in [4.69, 9.17) is 4.42 Å². The monoisotopic (exact) mass is 178 g/mol. The van der Waals surface area contributed by atoms with Crippen LogP contribution in [0.25, 0.3) is 5.57 Å². The fraction of sp³-hybridized carbons (Fsp3) is 0.300. The Hall–Kier alpha value is -1.51. The summed E-state index contributed by atoms with van der Waals surface area (Å²) in [6.07, 6.45) is 3.30. The number of hydrogen-bond acceptors (Lipinski definition) is 3. The zero-order valence-corrected chi connectivity index (χ0v) is 7.12. The lowest BCUT2D eigenvalue weighted by Gasteiger charge is -2.12. The summed E-state index contributed by atoms with van der Waals surface area (Å²) < 4.78 is 5.08. The number of rotatable bonds is 1. The highest BCUT2D eigenvalue weighted by Crippen LogP contribution is 2.28. The lowest BCUT2D eigenvalue weighted by Crippen LogP contribution is -2.09. The van der Waals surface area contributed by atoms with Gasteiger partial charge in [0.1, 0.15) is 11.5 Å². The van der Waals surface area contributed by atoms with E-state index in [0.717, 1.165) is 6.42 Å². The van der Waals surface area contributed by atoms with Crippen molar-refractivity contribution in [3.63, 3.8) is 0 Å². The molecule has 68 valence electrons. The van der Waals surface area contributed by atoms with E-state index in [0.29, 0.717) is 24.2 Å². The van der Waals surface area contributed by atoms with Gasteiger partial charge < -0.3 is 9.52 Å². The molecule has 0 aliphatic heterocycles. The van der Waals surface area contributed by atoms with Crippen LogP contribution in [0.3, 0.4) is 0 Å². The van der Waals surface area contributed by atoms with Crippen LogP contribution in [-0.2, 0) is 4.79 Å². The minimum atomic E-state index is -0.0290. The van der Waals surface area contributed by atoms with Gasteiger partial charge in [-0.1, -0.05) is 0 Å². The zero-order chi connectivity index (χ0) is 9.26. The van der Waals surface area contributed by atoms with Crippen LogP contribution < -0.4 is 0 Å². The van der Waals surface area contributed by atoms with Gasteiger partial charge in [-0.3, -0.25) is 4.79 Å². The molecule has 3 nitrogen and oxygen atoms in total. The minimum absolute atomic E-state index is 0.0290. The van der Waals surface area contributed by atoms with E-state index in [1.54, 1.807) is 12.1 Å². The van der Waals surface area contributed by atoms with Crippen LogP contribution >= 0.6 is 0 Å². The molecule has 0 spiro atoms. The number of ketones is 1. The van der Waals surface area contributed by atoms with Gasteiger partial charge in [-0.15, -0.1) is 0 Å². The Morgan fingerprint density at radius 3 is 2.85 bits per heavy atom. The third-order valence-corrected chi connectivity index (χ3v) is 2.15. The smallest absolute Gasteiger partial charge is 0.170 e. The van der Waals surface area contributed by atoms with Gasteiger partial charge in [0.05, 0.1) is 11.8 Å². The Morgan fingerprint density at radius 1 is 1.38 bits per heavy atom. The SMILES string of the molecule is O=C1CCCC(O)=C1c1ccco1. The van der Waals surface area contributed by atoms with Crippen molar-refractivity contribution in [2.24, 2.45) is 0 Å². The first kappa shape index (κ1) is 8.10. The fourth-order valence-corrected chi connectivity index (χ4v) is 1.53. The van der Waals surface area contributed by atoms with Crippen molar-refractivity contribution in [1.82, 2.24) is 0 Å². The van der Waals surface area contributed by atoms with Gasteiger partial charge in [-0.25, -0.2) is 0 Å². The molecule has 3 heteroatoms. The quantitative estimate of drug-likeness (QED) is 0.717. The number of carbonyl (C=O) groups excluding carboxylic acids is 1. The first-order valence-electron chi connectivity index (χ1n) is 4.28. The molecule has 1 aliphatic carbocycles. The molecular formula is C10H10O3. The summed E-state index contributed by atoms with van der Waals surface area (Å²) in [6.45, 7) is 0. The topological polar surface area (TPSA) is 50.4 Å². The van der Waals surface area contributed by atoms with Crippen molar-refractivity contribution in [3.05, 3.63) is 29.9 Å². The number of Topliss-reactive ketones (excluding diaryl/α,β-unsaturated/α-hetero) is 1. The van der Waals surface area contributed by atoms with Crippen LogP contribution in [0.4, 0.5) is 0 Å². The Labute approximate surface area is 75.7 Å². The average Bonchev–Trinajstić information content (AvgIpc) is 2.57. The summed E-state index contributed by atoms with van der Waals surface area (Å²) in [5.41, 5.74) is 0.358. The van der Waals surface area contributed by atoms with Crippen molar-refractivity contribution in [3.8, 4) is 0 Å². The second-order valence-corrected chi connectivity index (χ2v) is 3.08. The number of aliphatic hydroxyl groups is 1. The van der Waals surface area contributed by atoms with E-state index >= 15 is 0 Å². The highest BCUT2D eigenvalue weighted by molar-refractivity contribution is 6.21. The highest BCUT2D eigenvalue weighted by atomic mass is 16.3. The van der Waals surface area contributed by atoms with Crippen LogP contribution in [0.5, 0.6) is 0 Å². The molecule has 0 amide bonds. The van der Waals surface area contributed by atoms with Gasteiger partial charge in [0, 0.05) is 12.8 Å². The van der Waals surface area contributed by atoms with Gasteiger partial charge in [-0.2, -0.15) is 0 Å². The van der Waals surface area contributed by atoms with Crippen LogP contribution in [0, 0.1) is 0 Å². The largest absolute Gasteiger partial charge is 0.511 e. The van der Waals surface area contributed by atoms with Gasteiger partial charge in [0.2, 0.25) is 0 Å². The molecule has 0 radical (unpaired) electrons. The molecule has 1 aliphatic rings. The molecule has 0 aromatic carbocycles. The van der Waals surface area contributed by atoms with Crippen LogP contribution in [0.15, 0.2) is 28.6 Å². The summed E-state index contributed by atoms with van der Waals surface area (Å²) in [7, 11) is 0. The second-order valence-electron chi connectivity index (χ2n) is 3.08. The molecule has 0 saturated carbocycles. The summed E-state index contributed by atoms with van der Waals surface area (Å²) in [5.74, 6) is 0.604. The molecule has 0 fully saturated rings. The standard InChI is InChI=1S/C10H10O3/c11-7-3-1-4-8(12)10(7)9-5-2-6-13-9/h2,5-6,11H,1,3-4H2. The second kappa shape index (κ2) is 3.09. The Morgan fingerprint density at radius 2 is 2.23 bits per heavy atom. The minimum Gasteiger partial charge on any atom is -0.511 e. The van der Waals surface area contributed by atoms with E-state index in [1.807, 2.05) is 0 Å². The Bertz CT molecular complexity index is 346. The third kappa shape index (κ3) is 1.37. The van der Waals surface area contributed by atoms with Crippen LogP contribution in [0.1, 0.15) is 25.0 Å². The van der Waals surface area contributed by atoms with Crippen molar-refractivity contribution < 1.29 is 14.3 Å². The molecule has 0 bridgehead atoms. The molecule has 1 N–H and O–H groups in total. The maximum absolute atomic E-state index is 11.4. The predicted molar refractivity (Wildman–Crippen MR) is 47.1 cm³/mol. The summed E-state index contributed by atoms with van der Waals surface area (Å²) in [5, 5.41) is 9.51. The molecular weight excluding hydrogens is 168 g/mol. The van der Waals surface area contributed by atoms with Crippen molar-refractivity contribution >= 4 is 11.4 Å². The summed E-state index contributed by atoms with van der Waals surface area (Å²) in [4.78, 5) is 11.4. The molecule has 0 saturated heterocycles. The lowest BCUT2D eigenvalue weighted by molar-refractivity contribution is -0.114. The fourth-order valence-electron chi connectivity index (χ4n) is 1.53. The Kier molecular flexibility index (Phi) is 1.93. The molecule has 1 heterocycles. The van der Waals surface area contributed by atoms with Crippen LogP contribution in [0.2, 0.25) is 0 Å². The van der Waals surface area contributed by atoms with Crippen molar-refractivity contribution in [2.45, 2.75) is 19.3 Å². The van der Waals surface area contributed by atoms with Crippen LogP contribution in [-0.4, -0.2) is 10.9 Å². The highest BCUT2D eigenvalue weighted by Gasteiger charge is 2.23. The lowest BCUT2D eigenvalue weighted by atomic mass is 9.95. The summed E-state index contributed by atoms with van der Waals surface area (Å²) >= 11 is 0. The number of allylic oxidation sites excluding steroid dienone is 2. The number of furan rings is 1. The maximum Gasteiger partial charge on any atom is 0.170 e. The maximum atomic E-state index is 11.4. The van der Waals surface area contributed by atoms with E-state index < -0.39 is 0 Å². The van der Waals surface area contributed by atoms with E-state index in [-0.39, 0.29) is 11.5 Å². The van der Waals surface area contributed by atoms with E-state index in [1.165, 1.54) is 6.26 Å². The molecule has 1 aromatic rings. The Balaban J connectivity index is 2.45. The summed E-state index contributed by atoms with van der Waals surface area (Å²) in [6, 6.07) is 3.40. The average molecular weight is 178 g/mol. The molecule has 0 atom stereocenters. The van der Waals surface area contributed by atoms with Gasteiger partial charge in [0.25, 0.3) is 0 Å². The molecule has 0 unspecified atom stereocenters.